The number of benzene rings is 2. The molecule has 2 aromatic rings. The van der Waals surface area contributed by atoms with Gasteiger partial charge in [0, 0.05) is 29.8 Å². The molecule has 2 fully saturated rings. The molecule has 2 aromatic carbocycles. The largest absolute Gasteiger partial charge is 0.372 e. The van der Waals surface area contributed by atoms with Crippen LogP contribution in [0.3, 0.4) is 0 Å². The first-order valence-electron chi connectivity index (χ1n) is 10.0. The maximum Gasteiger partial charge on any atom is 0.266 e. The predicted octanol–water partition coefficient (Wildman–Crippen LogP) is 6.06. The number of hydrogen-bond donors (Lipinski definition) is 0. The minimum atomic E-state index is 0.0217. The van der Waals surface area contributed by atoms with E-state index in [9.17, 15) is 4.79 Å². The van der Waals surface area contributed by atoms with Crippen molar-refractivity contribution in [2.45, 2.75) is 26.2 Å². The number of carbonyl (C=O) groups is 1. The summed E-state index contributed by atoms with van der Waals surface area (Å²) in [6.45, 7) is 4.85. The quantitative estimate of drug-likeness (QED) is 0.510. The Morgan fingerprint density at radius 1 is 1.03 bits per heavy atom. The molecular weight excluding hydrogens is 446 g/mol. The molecule has 0 saturated carbocycles. The van der Waals surface area contributed by atoms with Gasteiger partial charge in [-0.25, -0.2) is 4.99 Å². The highest BCUT2D eigenvalue weighted by molar-refractivity contribution is 9.10. The molecule has 0 spiro atoms. The van der Waals surface area contributed by atoms with E-state index in [4.69, 9.17) is 0 Å². The number of likely N-dealkylation sites (N-methyl/N-ethyl adjacent to an activating group) is 1. The number of nitrogens with zero attached hydrogens (tertiary/aromatic N) is 3. The Morgan fingerprint density at radius 2 is 1.72 bits per heavy atom. The molecule has 0 aromatic heterocycles. The maximum atomic E-state index is 12.9. The van der Waals surface area contributed by atoms with Crippen molar-refractivity contribution in [1.29, 1.82) is 0 Å². The van der Waals surface area contributed by atoms with Crippen molar-refractivity contribution >= 4 is 56.2 Å². The molecule has 4 nitrogen and oxygen atoms in total. The van der Waals surface area contributed by atoms with Crippen LogP contribution in [0.2, 0.25) is 0 Å². The molecule has 2 aliphatic heterocycles. The molecule has 0 bridgehead atoms. The lowest BCUT2D eigenvalue weighted by Crippen LogP contribution is -2.29. The van der Waals surface area contributed by atoms with E-state index in [1.165, 1.54) is 36.7 Å². The molecule has 29 heavy (non-hydrogen) atoms. The van der Waals surface area contributed by atoms with Gasteiger partial charge in [0.2, 0.25) is 0 Å². The van der Waals surface area contributed by atoms with Crippen molar-refractivity contribution in [3.05, 3.63) is 63.5 Å². The number of thioether (sulfide) groups is 1. The van der Waals surface area contributed by atoms with Gasteiger partial charge in [0.1, 0.15) is 0 Å². The molecule has 0 aliphatic carbocycles. The second kappa shape index (κ2) is 9.18. The first kappa shape index (κ1) is 20.2. The topological polar surface area (TPSA) is 35.9 Å². The molecule has 2 aliphatic rings. The highest BCUT2D eigenvalue weighted by Crippen LogP contribution is 2.34. The molecule has 0 radical (unpaired) electrons. The van der Waals surface area contributed by atoms with Crippen LogP contribution in [-0.2, 0) is 4.79 Å². The molecule has 150 valence electrons. The number of piperidine rings is 1. The lowest BCUT2D eigenvalue weighted by molar-refractivity contribution is -0.122. The Bertz CT molecular complexity index is 932. The number of anilines is 1. The Morgan fingerprint density at radius 3 is 2.38 bits per heavy atom. The van der Waals surface area contributed by atoms with E-state index in [1.54, 1.807) is 4.90 Å². The van der Waals surface area contributed by atoms with Crippen LogP contribution < -0.4 is 4.90 Å². The predicted molar refractivity (Wildman–Crippen MR) is 127 cm³/mol. The van der Waals surface area contributed by atoms with Crippen LogP contribution in [0.4, 0.5) is 11.4 Å². The lowest BCUT2D eigenvalue weighted by Gasteiger charge is -2.28. The summed E-state index contributed by atoms with van der Waals surface area (Å²) in [7, 11) is 0. The van der Waals surface area contributed by atoms with Gasteiger partial charge >= 0.3 is 0 Å². The van der Waals surface area contributed by atoms with Crippen molar-refractivity contribution in [2.75, 3.05) is 24.5 Å². The van der Waals surface area contributed by atoms with E-state index in [2.05, 4.69) is 50.1 Å². The monoisotopic (exact) mass is 469 g/mol. The second-order valence-corrected chi connectivity index (χ2v) is 9.09. The fourth-order valence-corrected chi connectivity index (χ4v) is 4.91. The zero-order chi connectivity index (χ0) is 20.2. The zero-order valence-corrected chi connectivity index (χ0v) is 18.9. The number of amides is 1. The van der Waals surface area contributed by atoms with E-state index in [1.807, 2.05) is 37.3 Å². The summed E-state index contributed by atoms with van der Waals surface area (Å²) in [5.74, 6) is 0.0217. The van der Waals surface area contributed by atoms with Crippen LogP contribution in [0.1, 0.15) is 31.7 Å². The number of amidine groups is 1. The Kier molecular flexibility index (Phi) is 6.40. The summed E-state index contributed by atoms with van der Waals surface area (Å²) in [5, 5.41) is 0.732. The van der Waals surface area contributed by atoms with E-state index >= 15 is 0 Å². The zero-order valence-electron chi connectivity index (χ0n) is 16.5. The number of hydrogen-bond acceptors (Lipinski definition) is 4. The third-order valence-electron chi connectivity index (χ3n) is 5.17. The molecule has 4 rings (SSSR count). The average Bonchev–Trinajstić information content (AvgIpc) is 3.05. The minimum absolute atomic E-state index is 0.0217. The third-order valence-corrected chi connectivity index (χ3v) is 6.70. The summed E-state index contributed by atoms with van der Waals surface area (Å²) in [4.78, 5) is 22.4. The highest BCUT2D eigenvalue weighted by Gasteiger charge is 2.32. The molecule has 2 heterocycles. The van der Waals surface area contributed by atoms with Gasteiger partial charge in [-0.2, -0.15) is 0 Å². The fourth-order valence-electron chi connectivity index (χ4n) is 3.58. The summed E-state index contributed by atoms with van der Waals surface area (Å²) in [6.07, 6.45) is 5.84. The first-order valence-corrected chi connectivity index (χ1v) is 11.7. The van der Waals surface area contributed by atoms with Crippen LogP contribution in [0, 0.1) is 0 Å². The van der Waals surface area contributed by atoms with Crippen LogP contribution >= 0.6 is 27.7 Å². The molecular formula is C23H24BrN3OS. The van der Waals surface area contributed by atoms with Crippen molar-refractivity contribution < 1.29 is 4.79 Å². The van der Waals surface area contributed by atoms with Gasteiger partial charge in [-0.3, -0.25) is 9.69 Å². The van der Waals surface area contributed by atoms with E-state index < -0.39 is 0 Å². The molecule has 6 heteroatoms. The number of halogens is 1. The van der Waals surface area contributed by atoms with Crippen LogP contribution in [0.5, 0.6) is 0 Å². The molecule has 2 saturated heterocycles. The van der Waals surface area contributed by atoms with E-state index in [-0.39, 0.29) is 5.91 Å². The lowest BCUT2D eigenvalue weighted by atomic mass is 10.1. The van der Waals surface area contributed by atoms with Crippen molar-refractivity contribution in [1.82, 2.24) is 4.90 Å². The number of rotatable bonds is 4. The van der Waals surface area contributed by atoms with Gasteiger partial charge in [-0.05, 0) is 86.0 Å². The molecule has 1 amide bonds. The average molecular weight is 470 g/mol. The first-order chi connectivity index (χ1) is 14.1. The van der Waals surface area contributed by atoms with Gasteiger partial charge < -0.3 is 4.90 Å². The number of aliphatic imine (C=N–C) groups is 1. The molecule has 0 atom stereocenters. The SMILES string of the molecule is CCN1C(=O)/C(=C/c2ccc(N3CCCCC3)cc2)SC1=Nc1ccc(Br)cc1. The highest BCUT2D eigenvalue weighted by atomic mass is 79.9. The third kappa shape index (κ3) is 4.75. The number of carbonyl (C=O) groups excluding carboxylic acids is 1. The summed E-state index contributed by atoms with van der Waals surface area (Å²) < 4.78 is 1.01. The van der Waals surface area contributed by atoms with Gasteiger partial charge in [0.25, 0.3) is 5.91 Å². The van der Waals surface area contributed by atoms with Crippen LogP contribution in [0.15, 0.2) is 62.9 Å². The van der Waals surface area contributed by atoms with Crippen LogP contribution in [-0.4, -0.2) is 35.6 Å². The van der Waals surface area contributed by atoms with E-state index in [0.717, 1.165) is 34.0 Å². The summed E-state index contributed by atoms with van der Waals surface area (Å²) >= 11 is 4.88. The Balaban J connectivity index is 1.54. The minimum Gasteiger partial charge on any atom is -0.372 e. The van der Waals surface area contributed by atoms with Crippen molar-refractivity contribution in [3.8, 4) is 0 Å². The standard InChI is InChI=1S/C23H24BrN3OS/c1-2-27-22(28)21(29-23(27)25-19-10-8-18(24)9-11-19)16-17-6-12-20(13-7-17)26-14-4-3-5-15-26/h6-13,16H,2-5,14-15H2,1H3/b21-16-,25-23?. The van der Waals surface area contributed by atoms with Crippen LogP contribution in [0.25, 0.3) is 6.08 Å². The summed E-state index contributed by atoms with van der Waals surface area (Å²) in [6, 6.07) is 16.3. The second-order valence-electron chi connectivity index (χ2n) is 7.17. The summed E-state index contributed by atoms with van der Waals surface area (Å²) in [5.41, 5.74) is 3.15. The molecule has 0 N–H and O–H groups in total. The van der Waals surface area contributed by atoms with Crippen molar-refractivity contribution in [3.63, 3.8) is 0 Å². The van der Waals surface area contributed by atoms with Gasteiger partial charge in [-0.1, -0.05) is 28.1 Å². The van der Waals surface area contributed by atoms with Gasteiger partial charge in [0.05, 0.1) is 10.6 Å². The smallest absolute Gasteiger partial charge is 0.266 e. The van der Waals surface area contributed by atoms with Gasteiger partial charge in [0.15, 0.2) is 5.17 Å². The van der Waals surface area contributed by atoms with Gasteiger partial charge in [-0.15, -0.1) is 0 Å². The fraction of sp³-hybridized carbons (Fsp3) is 0.304. The Hall–Kier alpha value is -2.05. The van der Waals surface area contributed by atoms with E-state index in [0.29, 0.717) is 11.4 Å². The normalized spacial score (nSPS) is 20.1. The van der Waals surface area contributed by atoms with Crippen molar-refractivity contribution in [2.24, 2.45) is 4.99 Å². The Labute approximate surface area is 184 Å². The maximum absolute atomic E-state index is 12.9. The molecule has 0 unspecified atom stereocenters.